The molecule has 112 valence electrons. The van der Waals surface area contributed by atoms with E-state index in [-0.39, 0.29) is 5.91 Å². The van der Waals surface area contributed by atoms with Crippen LogP contribution in [0.2, 0.25) is 0 Å². The molecule has 1 amide bonds. The molecule has 0 radical (unpaired) electrons. The number of carbonyl (C=O) groups excluding carboxylic acids is 1. The number of anilines is 1. The lowest BCUT2D eigenvalue weighted by molar-refractivity contribution is 0.0944. The van der Waals surface area contributed by atoms with Crippen molar-refractivity contribution in [2.75, 3.05) is 32.4 Å². The molecule has 0 aliphatic rings. The maximum absolute atomic E-state index is 12.0. The fraction of sp³-hybridized carbons (Fsp3) is 0.333. The fourth-order valence-electron chi connectivity index (χ4n) is 1.88. The van der Waals surface area contributed by atoms with E-state index in [9.17, 15) is 4.79 Å². The smallest absolute Gasteiger partial charge is 0.271 e. The first-order valence-electron chi connectivity index (χ1n) is 6.99. The van der Waals surface area contributed by atoms with Gasteiger partial charge in [-0.25, -0.2) is 4.68 Å². The van der Waals surface area contributed by atoms with Crippen molar-refractivity contribution in [1.82, 2.24) is 20.0 Å². The van der Waals surface area contributed by atoms with Gasteiger partial charge >= 0.3 is 0 Å². The molecule has 0 unspecified atom stereocenters. The van der Waals surface area contributed by atoms with Gasteiger partial charge in [-0.1, -0.05) is 19.1 Å². The molecule has 2 aromatic rings. The average Bonchev–Trinajstić information content (AvgIpc) is 2.97. The predicted octanol–water partition coefficient (Wildman–Crippen LogP) is 1.14. The van der Waals surface area contributed by atoms with Crippen molar-refractivity contribution in [2.45, 2.75) is 6.92 Å². The van der Waals surface area contributed by atoms with Gasteiger partial charge in [-0.15, -0.1) is 0 Å². The number of nitrogens with two attached hydrogens (primary N) is 1. The van der Waals surface area contributed by atoms with Crippen LogP contribution in [0.4, 0.5) is 5.69 Å². The first kappa shape index (κ1) is 15.1. The van der Waals surface area contributed by atoms with Gasteiger partial charge in [-0.05, 0) is 31.8 Å². The Morgan fingerprint density at radius 3 is 2.86 bits per heavy atom. The molecule has 1 heterocycles. The van der Waals surface area contributed by atoms with Crippen LogP contribution in [0.15, 0.2) is 36.5 Å². The average molecular weight is 287 g/mol. The lowest BCUT2D eigenvalue weighted by Crippen LogP contribution is -2.33. The number of benzene rings is 1. The van der Waals surface area contributed by atoms with Crippen molar-refractivity contribution in [3.05, 3.63) is 42.2 Å². The molecule has 0 aliphatic heterocycles. The van der Waals surface area contributed by atoms with Crippen molar-refractivity contribution in [3.8, 4) is 5.69 Å². The summed E-state index contributed by atoms with van der Waals surface area (Å²) in [5.41, 5.74) is 7.67. The Kier molecular flexibility index (Phi) is 4.94. The fourth-order valence-corrected chi connectivity index (χ4v) is 1.88. The molecule has 6 heteroatoms. The molecule has 0 spiro atoms. The molecule has 0 aliphatic carbocycles. The van der Waals surface area contributed by atoms with Crippen LogP contribution >= 0.6 is 0 Å². The van der Waals surface area contributed by atoms with E-state index < -0.39 is 0 Å². The van der Waals surface area contributed by atoms with Crippen LogP contribution in [0.3, 0.4) is 0 Å². The second-order valence-electron chi connectivity index (χ2n) is 4.86. The van der Waals surface area contributed by atoms with Crippen molar-refractivity contribution in [2.24, 2.45) is 0 Å². The largest absolute Gasteiger partial charge is 0.397 e. The summed E-state index contributed by atoms with van der Waals surface area (Å²) in [6.07, 6.45) is 1.73. The summed E-state index contributed by atoms with van der Waals surface area (Å²) in [6.45, 7) is 4.45. The van der Waals surface area contributed by atoms with E-state index in [1.807, 2.05) is 25.2 Å². The second-order valence-corrected chi connectivity index (χ2v) is 4.86. The molecule has 21 heavy (non-hydrogen) atoms. The minimum Gasteiger partial charge on any atom is -0.397 e. The van der Waals surface area contributed by atoms with Crippen LogP contribution in [-0.2, 0) is 0 Å². The highest BCUT2D eigenvalue weighted by Crippen LogP contribution is 2.15. The summed E-state index contributed by atoms with van der Waals surface area (Å²) < 4.78 is 1.61. The van der Waals surface area contributed by atoms with E-state index in [0.29, 0.717) is 17.9 Å². The van der Waals surface area contributed by atoms with Crippen molar-refractivity contribution in [3.63, 3.8) is 0 Å². The molecule has 0 saturated carbocycles. The Labute approximate surface area is 124 Å². The molecule has 0 fully saturated rings. The number of carbonyl (C=O) groups is 1. The highest BCUT2D eigenvalue weighted by molar-refractivity contribution is 5.92. The van der Waals surface area contributed by atoms with Crippen molar-refractivity contribution < 1.29 is 4.79 Å². The number of rotatable bonds is 6. The summed E-state index contributed by atoms with van der Waals surface area (Å²) in [4.78, 5) is 14.1. The van der Waals surface area contributed by atoms with E-state index >= 15 is 0 Å². The van der Waals surface area contributed by atoms with E-state index in [1.54, 1.807) is 23.0 Å². The molecule has 0 bridgehead atoms. The standard InChI is InChI=1S/C15H21N5O/c1-3-19(2)11-9-17-15(21)13-8-10-20(18-13)14-7-5-4-6-12(14)16/h4-8,10H,3,9,11,16H2,1-2H3,(H,17,21). The van der Waals surface area contributed by atoms with Crippen LogP contribution in [-0.4, -0.2) is 47.3 Å². The van der Waals surface area contributed by atoms with Crippen LogP contribution in [0.5, 0.6) is 0 Å². The van der Waals surface area contributed by atoms with E-state index in [1.165, 1.54) is 0 Å². The number of amides is 1. The summed E-state index contributed by atoms with van der Waals surface area (Å²) in [6, 6.07) is 9.09. The van der Waals surface area contributed by atoms with Crippen LogP contribution in [0.25, 0.3) is 5.69 Å². The third-order valence-corrected chi connectivity index (χ3v) is 3.32. The number of hydrogen-bond acceptors (Lipinski definition) is 4. The Balaban J connectivity index is 2.00. The van der Waals surface area contributed by atoms with Gasteiger partial charge in [0.2, 0.25) is 0 Å². The Bertz CT molecular complexity index is 608. The molecule has 1 aromatic carbocycles. The van der Waals surface area contributed by atoms with Gasteiger partial charge in [0.1, 0.15) is 0 Å². The van der Waals surface area contributed by atoms with Gasteiger partial charge in [-0.2, -0.15) is 5.10 Å². The molecule has 2 rings (SSSR count). The molecule has 0 saturated heterocycles. The molecule has 0 atom stereocenters. The predicted molar refractivity (Wildman–Crippen MR) is 83.5 cm³/mol. The number of nitrogens with one attached hydrogen (secondary N) is 1. The number of para-hydroxylation sites is 2. The molecular formula is C15H21N5O. The molecule has 1 aromatic heterocycles. The van der Waals surface area contributed by atoms with Crippen LogP contribution < -0.4 is 11.1 Å². The van der Waals surface area contributed by atoms with Gasteiger partial charge < -0.3 is 16.0 Å². The lowest BCUT2D eigenvalue weighted by Gasteiger charge is -2.13. The van der Waals surface area contributed by atoms with Crippen LogP contribution in [0, 0.1) is 0 Å². The van der Waals surface area contributed by atoms with Gasteiger partial charge in [0.25, 0.3) is 5.91 Å². The lowest BCUT2D eigenvalue weighted by atomic mass is 10.3. The summed E-state index contributed by atoms with van der Waals surface area (Å²) in [5.74, 6) is -0.173. The molecule has 3 N–H and O–H groups in total. The summed E-state index contributed by atoms with van der Waals surface area (Å²) >= 11 is 0. The monoisotopic (exact) mass is 287 g/mol. The van der Waals surface area contributed by atoms with Gasteiger partial charge in [0, 0.05) is 19.3 Å². The van der Waals surface area contributed by atoms with Crippen LogP contribution in [0.1, 0.15) is 17.4 Å². The molecular weight excluding hydrogens is 266 g/mol. The minimum atomic E-state index is -0.173. The maximum atomic E-state index is 12.0. The Morgan fingerprint density at radius 2 is 2.14 bits per heavy atom. The first-order valence-corrected chi connectivity index (χ1v) is 6.99. The zero-order chi connectivity index (χ0) is 15.2. The summed E-state index contributed by atoms with van der Waals surface area (Å²) in [7, 11) is 2.01. The Hall–Kier alpha value is -2.34. The van der Waals surface area contributed by atoms with Gasteiger partial charge in [-0.3, -0.25) is 4.79 Å². The third kappa shape index (κ3) is 3.82. The highest BCUT2D eigenvalue weighted by atomic mass is 16.1. The zero-order valence-corrected chi connectivity index (χ0v) is 12.4. The highest BCUT2D eigenvalue weighted by Gasteiger charge is 2.10. The maximum Gasteiger partial charge on any atom is 0.271 e. The number of aromatic nitrogens is 2. The number of nitrogens with zero attached hydrogens (tertiary/aromatic N) is 3. The normalized spacial score (nSPS) is 10.8. The second kappa shape index (κ2) is 6.90. The quantitative estimate of drug-likeness (QED) is 0.781. The van der Waals surface area contributed by atoms with Crippen molar-refractivity contribution >= 4 is 11.6 Å². The van der Waals surface area contributed by atoms with E-state index in [4.69, 9.17) is 5.73 Å². The van der Waals surface area contributed by atoms with Crippen molar-refractivity contribution in [1.29, 1.82) is 0 Å². The van der Waals surface area contributed by atoms with E-state index in [0.717, 1.165) is 18.8 Å². The SMILES string of the molecule is CCN(C)CCNC(=O)c1ccn(-c2ccccc2N)n1. The third-order valence-electron chi connectivity index (χ3n) is 3.32. The summed E-state index contributed by atoms with van der Waals surface area (Å²) in [5, 5.41) is 7.13. The van der Waals surface area contributed by atoms with E-state index in [2.05, 4.69) is 22.2 Å². The Morgan fingerprint density at radius 1 is 1.38 bits per heavy atom. The number of likely N-dealkylation sites (N-methyl/N-ethyl adjacent to an activating group) is 1. The minimum absolute atomic E-state index is 0.173. The number of hydrogen-bond donors (Lipinski definition) is 2. The van der Waals surface area contributed by atoms with Gasteiger partial charge in [0.15, 0.2) is 5.69 Å². The topological polar surface area (TPSA) is 76.2 Å². The zero-order valence-electron chi connectivity index (χ0n) is 12.4. The molecule has 6 nitrogen and oxygen atoms in total. The first-order chi connectivity index (χ1) is 10.1. The van der Waals surface area contributed by atoms with Gasteiger partial charge in [0.05, 0.1) is 11.4 Å². The number of nitrogen functional groups attached to an aromatic ring is 1.